The van der Waals surface area contributed by atoms with Crippen molar-refractivity contribution in [3.05, 3.63) is 29.5 Å². The highest BCUT2D eigenvalue weighted by Crippen LogP contribution is 2.28. The molecule has 1 fully saturated rings. The zero-order chi connectivity index (χ0) is 18.0. The van der Waals surface area contributed by atoms with Crippen LogP contribution in [-0.2, 0) is 4.74 Å². The molecule has 0 saturated carbocycles. The van der Waals surface area contributed by atoms with Gasteiger partial charge in [0, 0.05) is 37.1 Å². The summed E-state index contributed by atoms with van der Waals surface area (Å²) in [4.78, 5) is 14.8. The Morgan fingerprint density at radius 3 is 2.72 bits per heavy atom. The van der Waals surface area contributed by atoms with Gasteiger partial charge in [0.25, 0.3) is 5.91 Å². The van der Waals surface area contributed by atoms with Gasteiger partial charge in [0.2, 0.25) is 0 Å². The Morgan fingerprint density at radius 1 is 1.32 bits per heavy atom. The maximum Gasteiger partial charge on any atom is 0.287 e. The number of nitrogens with zero attached hydrogens (tertiary/aromatic N) is 1. The maximum absolute atomic E-state index is 12.5. The Kier molecular flexibility index (Phi) is 5.30. The minimum absolute atomic E-state index is 0.179. The molecule has 0 radical (unpaired) electrons. The van der Waals surface area contributed by atoms with Crippen LogP contribution in [0.25, 0.3) is 11.0 Å². The van der Waals surface area contributed by atoms with Gasteiger partial charge in [-0.05, 0) is 39.0 Å². The number of hydrogen-bond donors (Lipinski definition) is 1. The van der Waals surface area contributed by atoms with Crippen LogP contribution in [0.2, 0.25) is 0 Å². The van der Waals surface area contributed by atoms with E-state index in [4.69, 9.17) is 13.9 Å². The van der Waals surface area contributed by atoms with Crippen LogP contribution >= 0.6 is 0 Å². The third kappa shape index (κ3) is 3.96. The summed E-state index contributed by atoms with van der Waals surface area (Å²) in [6, 6.07) is 5.55. The molecule has 1 aromatic heterocycles. The number of aryl methyl sites for hydroxylation is 1. The summed E-state index contributed by atoms with van der Waals surface area (Å²) in [7, 11) is 1.62. The van der Waals surface area contributed by atoms with E-state index in [9.17, 15) is 4.79 Å². The van der Waals surface area contributed by atoms with Gasteiger partial charge >= 0.3 is 0 Å². The zero-order valence-corrected chi connectivity index (χ0v) is 15.3. The van der Waals surface area contributed by atoms with Crippen molar-refractivity contribution in [3.63, 3.8) is 0 Å². The summed E-state index contributed by atoms with van der Waals surface area (Å²) in [5.41, 5.74) is 1.53. The number of methoxy groups -OCH3 is 1. The van der Waals surface area contributed by atoms with Gasteiger partial charge in [-0.1, -0.05) is 0 Å². The largest absolute Gasteiger partial charge is 0.497 e. The monoisotopic (exact) mass is 346 g/mol. The molecule has 0 spiro atoms. The Morgan fingerprint density at radius 2 is 2.04 bits per heavy atom. The van der Waals surface area contributed by atoms with Crippen molar-refractivity contribution in [2.24, 2.45) is 0 Å². The minimum atomic E-state index is -0.179. The highest BCUT2D eigenvalue weighted by Gasteiger charge is 2.22. The Balaban J connectivity index is 1.61. The van der Waals surface area contributed by atoms with Gasteiger partial charge in [-0.2, -0.15) is 0 Å². The highest BCUT2D eigenvalue weighted by molar-refractivity contribution is 5.99. The lowest BCUT2D eigenvalue weighted by atomic mass is 10.1. The molecule has 25 heavy (non-hydrogen) atoms. The molecule has 2 heterocycles. The van der Waals surface area contributed by atoms with Crippen molar-refractivity contribution in [2.75, 3.05) is 33.3 Å². The fourth-order valence-electron chi connectivity index (χ4n) is 3.42. The number of morpholine rings is 1. The predicted octanol–water partition coefficient (Wildman–Crippen LogP) is 2.59. The number of nitrogens with one attached hydrogen (secondary N) is 1. The van der Waals surface area contributed by atoms with Gasteiger partial charge in [-0.15, -0.1) is 0 Å². The van der Waals surface area contributed by atoms with Crippen molar-refractivity contribution >= 4 is 16.9 Å². The molecule has 1 amide bonds. The number of ether oxygens (including phenoxy) is 2. The van der Waals surface area contributed by atoms with E-state index in [1.165, 1.54) is 0 Å². The number of amides is 1. The number of furan rings is 1. The van der Waals surface area contributed by atoms with Crippen molar-refractivity contribution in [3.8, 4) is 5.75 Å². The van der Waals surface area contributed by atoms with E-state index in [2.05, 4.69) is 24.1 Å². The molecule has 0 unspecified atom stereocenters. The van der Waals surface area contributed by atoms with Crippen LogP contribution in [-0.4, -0.2) is 56.3 Å². The van der Waals surface area contributed by atoms with Gasteiger partial charge in [0.15, 0.2) is 5.76 Å². The number of carbonyl (C=O) groups is 1. The van der Waals surface area contributed by atoms with Gasteiger partial charge in [-0.25, -0.2) is 0 Å². The molecule has 2 atom stereocenters. The fourth-order valence-corrected chi connectivity index (χ4v) is 3.42. The van der Waals surface area contributed by atoms with E-state index in [0.717, 1.165) is 36.3 Å². The van der Waals surface area contributed by atoms with E-state index < -0.39 is 0 Å². The lowest BCUT2D eigenvalue weighted by molar-refractivity contribution is -0.0672. The summed E-state index contributed by atoms with van der Waals surface area (Å²) in [6.07, 6.45) is 0.457. The number of hydrogen-bond acceptors (Lipinski definition) is 5. The molecule has 1 aliphatic heterocycles. The van der Waals surface area contributed by atoms with Crippen LogP contribution in [0.3, 0.4) is 0 Å². The molecule has 3 rings (SSSR count). The lowest BCUT2D eigenvalue weighted by Gasteiger charge is -2.35. The van der Waals surface area contributed by atoms with Crippen LogP contribution in [0.5, 0.6) is 5.75 Å². The molecule has 0 aliphatic carbocycles. The first-order valence-corrected chi connectivity index (χ1v) is 8.71. The highest BCUT2D eigenvalue weighted by atomic mass is 16.5. The molecule has 6 nitrogen and oxygen atoms in total. The number of fused-ring (bicyclic) bond motifs is 1. The van der Waals surface area contributed by atoms with Crippen molar-refractivity contribution in [1.82, 2.24) is 10.2 Å². The third-order valence-electron chi connectivity index (χ3n) is 4.56. The fraction of sp³-hybridized carbons (Fsp3) is 0.526. The Hall–Kier alpha value is -2.05. The van der Waals surface area contributed by atoms with E-state index in [1.807, 2.05) is 25.1 Å². The van der Waals surface area contributed by atoms with Crippen LogP contribution in [0, 0.1) is 6.92 Å². The average Bonchev–Trinajstić information content (AvgIpc) is 2.90. The second kappa shape index (κ2) is 7.45. The second-order valence-electron chi connectivity index (χ2n) is 6.69. The SMILES string of the molecule is COc1ccc2oc(C(=O)NCCN3C[C@H](C)O[C@@H](C)C3)c(C)c2c1. The Labute approximate surface area is 148 Å². The van der Waals surface area contributed by atoms with Gasteiger partial charge in [0.05, 0.1) is 19.3 Å². The molecule has 6 heteroatoms. The van der Waals surface area contributed by atoms with E-state index in [1.54, 1.807) is 7.11 Å². The smallest absolute Gasteiger partial charge is 0.287 e. The quantitative estimate of drug-likeness (QED) is 0.901. The summed E-state index contributed by atoms with van der Waals surface area (Å²) < 4.78 is 16.7. The van der Waals surface area contributed by atoms with Crippen LogP contribution in [0.1, 0.15) is 30.0 Å². The second-order valence-corrected chi connectivity index (χ2v) is 6.69. The molecular formula is C19H26N2O4. The molecule has 0 bridgehead atoms. The topological polar surface area (TPSA) is 63.9 Å². The first kappa shape index (κ1) is 17.8. The molecule has 1 aliphatic rings. The van der Waals surface area contributed by atoms with Crippen molar-refractivity contribution in [2.45, 2.75) is 33.0 Å². The average molecular weight is 346 g/mol. The number of carbonyl (C=O) groups excluding carboxylic acids is 1. The lowest BCUT2D eigenvalue weighted by Crippen LogP contribution is -2.47. The first-order valence-electron chi connectivity index (χ1n) is 8.71. The number of benzene rings is 1. The van der Waals surface area contributed by atoms with Crippen molar-refractivity contribution in [1.29, 1.82) is 0 Å². The van der Waals surface area contributed by atoms with E-state index in [0.29, 0.717) is 17.9 Å². The zero-order valence-electron chi connectivity index (χ0n) is 15.3. The maximum atomic E-state index is 12.5. The Bertz CT molecular complexity index is 745. The minimum Gasteiger partial charge on any atom is -0.497 e. The van der Waals surface area contributed by atoms with Gasteiger partial charge < -0.3 is 19.2 Å². The summed E-state index contributed by atoms with van der Waals surface area (Å²) in [5.74, 6) is 0.938. The normalized spacial score (nSPS) is 21.4. The van der Waals surface area contributed by atoms with E-state index >= 15 is 0 Å². The number of rotatable bonds is 5. The van der Waals surface area contributed by atoms with Gasteiger partial charge in [0.1, 0.15) is 11.3 Å². The molecule has 1 N–H and O–H groups in total. The molecule has 2 aromatic rings. The third-order valence-corrected chi connectivity index (χ3v) is 4.56. The van der Waals surface area contributed by atoms with E-state index in [-0.39, 0.29) is 18.1 Å². The summed E-state index contributed by atoms with van der Waals surface area (Å²) in [6.45, 7) is 9.22. The van der Waals surface area contributed by atoms with Crippen molar-refractivity contribution < 1.29 is 18.7 Å². The summed E-state index contributed by atoms with van der Waals surface area (Å²) >= 11 is 0. The van der Waals surface area contributed by atoms with Crippen LogP contribution < -0.4 is 10.1 Å². The molecular weight excluding hydrogens is 320 g/mol. The summed E-state index contributed by atoms with van der Waals surface area (Å²) in [5, 5.41) is 3.86. The molecule has 1 saturated heterocycles. The molecule has 136 valence electrons. The van der Waals surface area contributed by atoms with Gasteiger partial charge in [-0.3, -0.25) is 9.69 Å². The first-order chi connectivity index (χ1) is 12.0. The standard InChI is InChI=1S/C19H26N2O4/c1-12-10-21(11-13(2)24-12)8-7-20-19(22)18-14(3)16-9-15(23-4)5-6-17(16)25-18/h5-6,9,12-13H,7-8,10-11H2,1-4H3,(H,20,22)/t12-,13-/m0/s1. The van der Waals surface area contributed by atoms with Crippen LogP contribution in [0.4, 0.5) is 0 Å². The molecule has 1 aromatic carbocycles. The van der Waals surface area contributed by atoms with Crippen LogP contribution in [0.15, 0.2) is 22.6 Å². The predicted molar refractivity (Wildman–Crippen MR) is 96.3 cm³/mol.